The Labute approximate surface area is 144 Å². The van der Waals surface area contributed by atoms with Gasteiger partial charge in [0.2, 0.25) is 5.91 Å². The number of nitrogens with one attached hydrogen (secondary N) is 2. The van der Waals surface area contributed by atoms with Crippen molar-refractivity contribution >= 4 is 5.91 Å². The molecule has 1 aliphatic rings. The predicted molar refractivity (Wildman–Crippen MR) is 94.2 cm³/mol. The van der Waals surface area contributed by atoms with Crippen LogP contribution >= 0.6 is 0 Å². The summed E-state index contributed by atoms with van der Waals surface area (Å²) in [5.74, 6) is 0.842. The van der Waals surface area contributed by atoms with Gasteiger partial charge in [-0.2, -0.15) is 0 Å². The number of morpholine rings is 1. The number of carbonyl (C=O) groups excluding carboxylic acids is 1. The van der Waals surface area contributed by atoms with Gasteiger partial charge in [-0.25, -0.2) is 0 Å². The molecule has 0 spiro atoms. The van der Waals surface area contributed by atoms with E-state index in [9.17, 15) is 4.79 Å². The van der Waals surface area contributed by atoms with Crippen LogP contribution in [0.25, 0.3) is 0 Å². The number of hydrogen-bond donors (Lipinski definition) is 2. The summed E-state index contributed by atoms with van der Waals surface area (Å²) in [5.41, 5.74) is 1.05. The van der Waals surface area contributed by atoms with E-state index in [1.165, 1.54) is 0 Å². The molecule has 134 valence electrons. The van der Waals surface area contributed by atoms with Crippen molar-refractivity contribution in [3.05, 3.63) is 29.8 Å². The molecule has 0 aliphatic carbocycles. The Hall–Kier alpha value is -1.63. The van der Waals surface area contributed by atoms with E-state index >= 15 is 0 Å². The Morgan fingerprint density at radius 3 is 2.71 bits per heavy atom. The molecule has 0 aromatic heterocycles. The van der Waals surface area contributed by atoms with Gasteiger partial charge in [0, 0.05) is 19.6 Å². The highest BCUT2D eigenvalue weighted by atomic mass is 16.5. The molecule has 1 aromatic rings. The van der Waals surface area contributed by atoms with Crippen molar-refractivity contribution in [3.8, 4) is 5.75 Å². The van der Waals surface area contributed by atoms with Crippen LogP contribution in [0.5, 0.6) is 5.75 Å². The molecule has 6 nitrogen and oxygen atoms in total. The molecule has 1 amide bonds. The van der Waals surface area contributed by atoms with Gasteiger partial charge in [-0.1, -0.05) is 26.0 Å². The number of ether oxygens (including phenoxy) is 2. The lowest BCUT2D eigenvalue weighted by Gasteiger charge is -2.22. The summed E-state index contributed by atoms with van der Waals surface area (Å²) in [4.78, 5) is 14.3. The third-order valence-electron chi connectivity index (χ3n) is 4.20. The van der Waals surface area contributed by atoms with Crippen LogP contribution in [0.15, 0.2) is 24.3 Å². The Morgan fingerprint density at radius 2 is 2.08 bits per heavy atom. The van der Waals surface area contributed by atoms with E-state index < -0.39 is 0 Å². The third-order valence-corrected chi connectivity index (χ3v) is 4.20. The van der Waals surface area contributed by atoms with Crippen molar-refractivity contribution in [2.24, 2.45) is 0 Å². The van der Waals surface area contributed by atoms with E-state index in [0.717, 1.165) is 37.5 Å². The monoisotopic (exact) mass is 335 g/mol. The van der Waals surface area contributed by atoms with Crippen LogP contribution < -0.4 is 15.4 Å². The average Bonchev–Trinajstić information content (AvgIpc) is 2.65. The second-order valence-electron chi connectivity index (χ2n) is 5.82. The molecular formula is C18H29N3O3. The zero-order valence-electron chi connectivity index (χ0n) is 14.7. The third kappa shape index (κ3) is 6.11. The first-order valence-corrected chi connectivity index (χ1v) is 8.75. The Morgan fingerprint density at radius 1 is 1.33 bits per heavy atom. The first kappa shape index (κ1) is 18.7. The molecule has 2 N–H and O–H groups in total. The van der Waals surface area contributed by atoms with Crippen molar-refractivity contribution < 1.29 is 14.3 Å². The summed E-state index contributed by atoms with van der Waals surface area (Å²) in [6.07, 6.45) is 0. The van der Waals surface area contributed by atoms with Crippen LogP contribution in [-0.2, 0) is 16.1 Å². The number of likely N-dealkylation sites (N-methyl/N-ethyl adjacent to an activating group) is 1. The van der Waals surface area contributed by atoms with Gasteiger partial charge in [0.05, 0.1) is 13.2 Å². The first-order valence-electron chi connectivity index (χ1n) is 8.75. The van der Waals surface area contributed by atoms with Crippen LogP contribution in [0.1, 0.15) is 19.4 Å². The number of carbonyl (C=O) groups is 1. The van der Waals surface area contributed by atoms with Gasteiger partial charge < -0.3 is 25.0 Å². The van der Waals surface area contributed by atoms with Crippen LogP contribution in [0.2, 0.25) is 0 Å². The lowest BCUT2D eigenvalue weighted by Crippen LogP contribution is -2.51. The van der Waals surface area contributed by atoms with Gasteiger partial charge in [0.1, 0.15) is 18.4 Å². The number of rotatable bonds is 9. The minimum Gasteiger partial charge on any atom is -0.492 e. The topological polar surface area (TPSA) is 62.8 Å². The van der Waals surface area contributed by atoms with E-state index in [1.54, 1.807) is 0 Å². The highest BCUT2D eigenvalue weighted by Gasteiger charge is 2.20. The summed E-state index contributed by atoms with van der Waals surface area (Å²) in [6.45, 7) is 10.3. The maximum absolute atomic E-state index is 12.0. The molecular weight excluding hydrogens is 306 g/mol. The molecule has 0 bridgehead atoms. The van der Waals surface area contributed by atoms with E-state index in [1.807, 2.05) is 24.3 Å². The zero-order valence-corrected chi connectivity index (χ0v) is 14.7. The molecule has 1 aliphatic heterocycles. The molecule has 1 aromatic carbocycles. The fourth-order valence-electron chi connectivity index (χ4n) is 2.58. The van der Waals surface area contributed by atoms with Crippen molar-refractivity contribution in [2.45, 2.75) is 26.4 Å². The van der Waals surface area contributed by atoms with E-state index in [4.69, 9.17) is 9.47 Å². The Balaban J connectivity index is 1.70. The molecule has 24 heavy (non-hydrogen) atoms. The second-order valence-corrected chi connectivity index (χ2v) is 5.82. The van der Waals surface area contributed by atoms with Crippen molar-refractivity contribution in [1.82, 2.24) is 15.5 Å². The normalized spacial score (nSPS) is 17.7. The maximum Gasteiger partial charge on any atom is 0.239 e. The van der Waals surface area contributed by atoms with Crippen LogP contribution in [0.4, 0.5) is 0 Å². The smallest absolute Gasteiger partial charge is 0.239 e. The lowest BCUT2D eigenvalue weighted by atomic mass is 10.2. The maximum atomic E-state index is 12.0. The number of nitrogens with zero attached hydrogens (tertiary/aromatic N) is 1. The van der Waals surface area contributed by atoms with Gasteiger partial charge >= 0.3 is 0 Å². The Bertz CT molecular complexity index is 483. The standard InChI is InChI=1S/C18H29N3O3/c1-3-21(4-2)10-12-24-16-7-5-15(6-8-16)13-20-18(22)17-14-23-11-9-19-17/h5-8,17,19H,3-4,9-14H2,1-2H3,(H,20,22). The minimum atomic E-state index is -0.249. The quantitative estimate of drug-likeness (QED) is 0.705. The second kappa shape index (κ2) is 10.3. The van der Waals surface area contributed by atoms with Gasteiger partial charge in [0.25, 0.3) is 0 Å². The highest BCUT2D eigenvalue weighted by Crippen LogP contribution is 2.12. The van der Waals surface area contributed by atoms with Gasteiger partial charge in [-0.3, -0.25) is 4.79 Å². The van der Waals surface area contributed by atoms with Crippen LogP contribution in [0, 0.1) is 0 Å². The Kier molecular flexibility index (Phi) is 8.01. The van der Waals surface area contributed by atoms with Gasteiger partial charge in [-0.05, 0) is 30.8 Å². The number of hydrogen-bond acceptors (Lipinski definition) is 5. The lowest BCUT2D eigenvalue weighted by molar-refractivity contribution is -0.126. The minimum absolute atomic E-state index is 0.0192. The summed E-state index contributed by atoms with van der Waals surface area (Å²) < 4.78 is 11.1. The summed E-state index contributed by atoms with van der Waals surface area (Å²) >= 11 is 0. The number of amides is 1. The molecule has 1 atom stereocenters. The molecule has 0 radical (unpaired) electrons. The molecule has 1 unspecified atom stereocenters. The van der Waals surface area contributed by atoms with E-state index in [-0.39, 0.29) is 11.9 Å². The molecule has 0 saturated carbocycles. The van der Waals surface area contributed by atoms with Gasteiger partial charge in [0.15, 0.2) is 0 Å². The zero-order chi connectivity index (χ0) is 17.2. The van der Waals surface area contributed by atoms with Crippen molar-refractivity contribution in [1.29, 1.82) is 0 Å². The first-order chi connectivity index (χ1) is 11.7. The fourth-order valence-corrected chi connectivity index (χ4v) is 2.58. The van der Waals surface area contributed by atoms with E-state index in [0.29, 0.717) is 26.4 Å². The molecule has 6 heteroatoms. The summed E-state index contributed by atoms with van der Waals surface area (Å²) in [6, 6.07) is 7.62. The number of benzene rings is 1. The van der Waals surface area contributed by atoms with Crippen LogP contribution in [-0.4, -0.2) is 62.8 Å². The van der Waals surface area contributed by atoms with E-state index in [2.05, 4.69) is 29.4 Å². The largest absolute Gasteiger partial charge is 0.492 e. The van der Waals surface area contributed by atoms with Gasteiger partial charge in [-0.15, -0.1) is 0 Å². The van der Waals surface area contributed by atoms with Crippen molar-refractivity contribution in [2.75, 3.05) is 46.0 Å². The SMILES string of the molecule is CCN(CC)CCOc1ccc(CNC(=O)C2COCCN2)cc1. The highest BCUT2D eigenvalue weighted by molar-refractivity contribution is 5.81. The fraction of sp³-hybridized carbons (Fsp3) is 0.611. The molecule has 1 saturated heterocycles. The van der Waals surface area contributed by atoms with Crippen LogP contribution in [0.3, 0.4) is 0 Å². The predicted octanol–water partition coefficient (Wildman–Crippen LogP) is 1.01. The molecule has 1 fully saturated rings. The summed E-state index contributed by atoms with van der Waals surface area (Å²) in [7, 11) is 0. The average molecular weight is 335 g/mol. The molecule has 1 heterocycles. The molecule has 2 rings (SSSR count). The van der Waals surface area contributed by atoms with Crippen molar-refractivity contribution in [3.63, 3.8) is 0 Å². The summed E-state index contributed by atoms with van der Waals surface area (Å²) in [5, 5.41) is 6.08.